The first kappa shape index (κ1) is 17.4. The third-order valence-electron chi connectivity index (χ3n) is 5.49. The van der Waals surface area contributed by atoms with E-state index in [1.165, 1.54) is 30.8 Å². The van der Waals surface area contributed by atoms with Crippen LogP contribution in [0, 0.1) is 11.2 Å². The van der Waals surface area contributed by atoms with Crippen LogP contribution in [-0.2, 0) is 13.1 Å². The summed E-state index contributed by atoms with van der Waals surface area (Å²) in [7, 11) is 0. The average molecular weight is 380 g/mol. The normalized spacial score (nSPS) is 25.0. The fourth-order valence-corrected chi connectivity index (χ4v) is 5.13. The Balaban J connectivity index is 1.37. The highest BCUT2D eigenvalue weighted by Crippen LogP contribution is 2.40. The van der Waals surface area contributed by atoms with Crippen LogP contribution in [0.5, 0.6) is 0 Å². The third kappa shape index (κ3) is 4.05. The molecule has 0 N–H and O–H groups in total. The van der Waals surface area contributed by atoms with Gasteiger partial charge in [0.1, 0.15) is 10.8 Å². The summed E-state index contributed by atoms with van der Waals surface area (Å²) in [4.78, 5) is 9.46. The van der Waals surface area contributed by atoms with Gasteiger partial charge in [-0.3, -0.25) is 9.80 Å². The minimum Gasteiger partial charge on any atom is -0.298 e. The average Bonchev–Trinajstić information content (AvgIpc) is 3.22. The molecule has 0 aliphatic carbocycles. The van der Waals surface area contributed by atoms with Crippen LogP contribution < -0.4 is 0 Å². The van der Waals surface area contributed by atoms with Crippen molar-refractivity contribution in [3.63, 3.8) is 0 Å². The molecule has 3 heterocycles. The number of nitrogens with zero attached hydrogens (tertiary/aromatic N) is 3. The smallest absolute Gasteiger partial charge is 0.142 e. The van der Waals surface area contributed by atoms with Crippen LogP contribution in [0.25, 0.3) is 0 Å². The van der Waals surface area contributed by atoms with Gasteiger partial charge in [-0.1, -0.05) is 17.7 Å². The van der Waals surface area contributed by atoms with Crippen molar-refractivity contribution in [3.8, 4) is 0 Å². The van der Waals surface area contributed by atoms with Gasteiger partial charge in [-0.25, -0.2) is 9.37 Å². The first-order chi connectivity index (χ1) is 12.1. The number of rotatable bonds is 4. The summed E-state index contributed by atoms with van der Waals surface area (Å²) in [5, 5.41) is 3.47. The van der Waals surface area contributed by atoms with Gasteiger partial charge in [0.15, 0.2) is 0 Å². The second-order valence-electron chi connectivity index (χ2n) is 7.45. The maximum absolute atomic E-state index is 13.7. The number of benzene rings is 1. The van der Waals surface area contributed by atoms with Gasteiger partial charge in [0.05, 0.1) is 11.6 Å². The van der Waals surface area contributed by atoms with E-state index in [1.807, 2.05) is 12.3 Å². The molecule has 1 atom stereocenters. The molecule has 2 aromatic rings. The standard InChI is InChI=1S/C19H23ClFN3S/c20-16-3-2-15(10-17(16)21)11-24-8-5-19(14-24)4-1-7-23(13-19)12-18-22-6-9-25-18/h2-3,6,9-10H,1,4-5,7-8,11-14H2/t19-/m1/s1. The molecule has 1 aromatic heterocycles. The maximum atomic E-state index is 13.7. The van der Waals surface area contributed by atoms with E-state index in [0.717, 1.165) is 38.3 Å². The van der Waals surface area contributed by atoms with E-state index in [1.54, 1.807) is 23.5 Å². The van der Waals surface area contributed by atoms with Crippen molar-refractivity contribution < 1.29 is 4.39 Å². The highest BCUT2D eigenvalue weighted by Gasteiger charge is 2.41. The second kappa shape index (κ2) is 7.31. The lowest BCUT2D eigenvalue weighted by atomic mass is 9.79. The number of piperidine rings is 1. The molecular weight excluding hydrogens is 357 g/mol. The van der Waals surface area contributed by atoms with Crippen LogP contribution in [0.2, 0.25) is 5.02 Å². The zero-order valence-electron chi connectivity index (χ0n) is 14.3. The lowest BCUT2D eigenvalue weighted by Crippen LogP contribution is -2.44. The molecule has 6 heteroatoms. The highest BCUT2D eigenvalue weighted by molar-refractivity contribution is 7.09. The van der Waals surface area contributed by atoms with Crippen molar-refractivity contribution in [2.75, 3.05) is 26.2 Å². The van der Waals surface area contributed by atoms with E-state index in [4.69, 9.17) is 11.6 Å². The van der Waals surface area contributed by atoms with Gasteiger partial charge in [0, 0.05) is 31.2 Å². The van der Waals surface area contributed by atoms with E-state index in [2.05, 4.69) is 20.2 Å². The Morgan fingerprint density at radius 1 is 1.16 bits per heavy atom. The lowest BCUT2D eigenvalue weighted by molar-refractivity contribution is 0.0865. The predicted molar refractivity (Wildman–Crippen MR) is 100 cm³/mol. The highest BCUT2D eigenvalue weighted by atomic mass is 35.5. The lowest BCUT2D eigenvalue weighted by Gasteiger charge is -2.40. The number of thiazole rings is 1. The first-order valence-corrected chi connectivity index (χ1v) is 10.1. The number of likely N-dealkylation sites (tertiary alicyclic amines) is 2. The van der Waals surface area contributed by atoms with Gasteiger partial charge in [0.25, 0.3) is 0 Å². The Labute approximate surface area is 157 Å². The Hall–Kier alpha value is -1.01. The first-order valence-electron chi connectivity index (χ1n) is 8.89. The van der Waals surface area contributed by atoms with E-state index >= 15 is 0 Å². The summed E-state index contributed by atoms with van der Waals surface area (Å²) in [6.45, 7) is 6.30. The topological polar surface area (TPSA) is 19.4 Å². The molecule has 2 saturated heterocycles. The molecule has 2 fully saturated rings. The van der Waals surface area contributed by atoms with Gasteiger partial charge in [-0.15, -0.1) is 11.3 Å². The summed E-state index contributed by atoms with van der Waals surface area (Å²) >= 11 is 7.53. The van der Waals surface area contributed by atoms with Crippen molar-refractivity contribution in [1.82, 2.24) is 14.8 Å². The molecule has 25 heavy (non-hydrogen) atoms. The second-order valence-corrected chi connectivity index (χ2v) is 8.84. The van der Waals surface area contributed by atoms with Crippen LogP contribution in [0.3, 0.4) is 0 Å². The van der Waals surface area contributed by atoms with Crippen LogP contribution in [0.1, 0.15) is 29.8 Å². The number of hydrogen-bond acceptors (Lipinski definition) is 4. The van der Waals surface area contributed by atoms with E-state index in [-0.39, 0.29) is 10.8 Å². The summed E-state index contributed by atoms with van der Waals surface area (Å²) < 4.78 is 13.7. The minimum absolute atomic E-state index is 0.201. The third-order valence-corrected chi connectivity index (χ3v) is 6.56. The van der Waals surface area contributed by atoms with Gasteiger partial charge in [-0.05, 0) is 55.5 Å². The van der Waals surface area contributed by atoms with Crippen molar-refractivity contribution in [1.29, 1.82) is 0 Å². The van der Waals surface area contributed by atoms with E-state index < -0.39 is 0 Å². The Kier molecular flexibility index (Phi) is 5.09. The molecule has 0 saturated carbocycles. The van der Waals surface area contributed by atoms with Crippen molar-refractivity contribution in [2.24, 2.45) is 5.41 Å². The molecular formula is C19H23ClFN3S. The Morgan fingerprint density at radius 2 is 2.00 bits per heavy atom. The summed E-state index contributed by atoms with van der Waals surface area (Å²) in [5.41, 5.74) is 1.40. The number of halogens is 2. The van der Waals surface area contributed by atoms with Crippen molar-refractivity contribution in [3.05, 3.63) is 51.2 Å². The molecule has 0 amide bonds. The molecule has 0 bridgehead atoms. The molecule has 3 nitrogen and oxygen atoms in total. The van der Waals surface area contributed by atoms with Gasteiger partial charge >= 0.3 is 0 Å². The quantitative estimate of drug-likeness (QED) is 0.783. The fraction of sp³-hybridized carbons (Fsp3) is 0.526. The van der Waals surface area contributed by atoms with Crippen LogP contribution in [-0.4, -0.2) is 41.0 Å². The van der Waals surface area contributed by atoms with Crippen molar-refractivity contribution >= 4 is 22.9 Å². The molecule has 1 aromatic carbocycles. The number of hydrogen-bond donors (Lipinski definition) is 0. The molecule has 134 valence electrons. The van der Waals surface area contributed by atoms with Gasteiger partial charge in [0.2, 0.25) is 0 Å². The fourth-order valence-electron chi connectivity index (χ4n) is 4.36. The maximum Gasteiger partial charge on any atom is 0.142 e. The van der Waals surface area contributed by atoms with E-state index in [0.29, 0.717) is 5.41 Å². The molecule has 2 aliphatic rings. The van der Waals surface area contributed by atoms with Crippen LogP contribution in [0.15, 0.2) is 29.8 Å². The van der Waals surface area contributed by atoms with Crippen LogP contribution >= 0.6 is 22.9 Å². The Bertz CT molecular complexity index is 723. The minimum atomic E-state index is -0.319. The van der Waals surface area contributed by atoms with Gasteiger partial charge < -0.3 is 0 Å². The monoisotopic (exact) mass is 379 g/mol. The molecule has 2 aliphatic heterocycles. The molecule has 0 unspecified atom stereocenters. The van der Waals surface area contributed by atoms with Crippen LogP contribution in [0.4, 0.5) is 4.39 Å². The number of aromatic nitrogens is 1. The summed E-state index contributed by atoms with van der Waals surface area (Å²) in [6.07, 6.45) is 5.68. The zero-order valence-corrected chi connectivity index (χ0v) is 15.8. The SMILES string of the molecule is Fc1cc(CN2CC[C@@]3(CCCN(Cc4nccs4)C3)C2)ccc1Cl. The summed E-state index contributed by atoms with van der Waals surface area (Å²) in [6, 6.07) is 5.17. The predicted octanol–water partition coefficient (Wildman–Crippen LogP) is 4.42. The van der Waals surface area contributed by atoms with E-state index in [9.17, 15) is 4.39 Å². The summed E-state index contributed by atoms with van der Waals surface area (Å²) in [5.74, 6) is -0.319. The largest absolute Gasteiger partial charge is 0.298 e. The zero-order chi connectivity index (χ0) is 17.3. The molecule has 4 rings (SSSR count). The van der Waals surface area contributed by atoms with Crippen molar-refractivity contribution in [2.45, 2.75) is 32.4 Å². The molecule has 0 radical (unpaired) electrons. The van der Waals surface area contributed by atoms with Gasteiger partial charge in [-0.2, -0.15) is 0 Å². The Morgan fingerprint density at radius 3 is 2.76 bits per heavy atom. The molecule has 1 spiro atoms.